The number of benzene rings is 2. The van der Waals surface area contributed by atoms with Gasteiger partial charge in [0, 0.05) is 30.7 Å². The van der Waals surface area contributed by atoms with Crippen LogP contribution in [0.3, 0.4) is 0 Å². The minimum atomic E-state index is -0.365. The lowest BCUT2D eigenvalue weighted by molar-refractivity contribution is -0.129. The van der Waals surface area contributed by atoms with Crippen molar-refractivity contribution in [2.75, 3.05) is 14.2 Å². The van der Waals surface area contributed by atoms with Crippen LogP contribution in [0.1, 0.15) is 21.5 Å². The average Bonchev–Trinajstić information content (AvgIpc) is 3.04. The van der Waals surface area contributed by atoms with E-state index in [-0.39, 0.29) is 11.9 Å². The molecule has 5 heteroatoms. The van der Waals surface area contributed by atoms with Gasteiger partial charge in [-0.1, -0.05) is 30.3 Å². The van der Waals surface area contributed by atoms with Gasteiger partial charge in [0.1, 0.15) is 0 Å². The van der Waals surface area contributed by atoms with Crippen molar-refractivity contribution < 1.29 is 14.3 Å². The van der Waals surface area contributed by atoms with E-state index in [9.17, 15) is 9.59 Å². The van der Waals surface area contributed by atoms with E-state index in [1.54, 1.807) is 24.1 Å². The summed E-state index contributed by atoms with van der Waals surface area (Å²) in [5, 5.41) is 1.08. The summed E-state index contributed by atoms with van der Waals surface area (Å²) in [7, 11) is 3.14. The van der Waals surface area contributed by atoms with Crippen molar-refractivity contribution in [3.63, 3.8) is 0 Å². The molecule has 1 heterocycles. The Morgan fingerprint density at radius 2 is 1.80 bits per heavy atom. The Morgan fingerprint density at radius 1 is 1.08 bits per heavy atom. The number of para-hydroxylation sites is 1. The highest BCUT2D eigenvalue weighted by molar-refractivity contribution is 5.89. The highest BCUT2D eigenvalue weighted by Gasteiger charge is 2.13. The zero-order valence-electron chi connectivity index (χ0n) is 14.3. The summed E-state index contributed by atoms with van der Waals surface area (Å²) in [4.78, 5) is 28.8. The van der Waals surface area contributed by atoms with E-state index in [0.717, 1.165) is 22.0 Å². The Kier molecular flexibility index (Phi) is 4.84. The van der Waals surface area contributed by atoms with Gasteiger partial charge in [-0.25, -0.2) is 4.79 Å². The third kappa shape index (κ3) is 3.71. The summed E-state index contributed by atoms with van der Waals surface area (Å²) in [6.45, 7) is 0.489. The molecule has 0 spiro atoms. The molecular weight excluding hydrogens is 316 g/mol. The second-order valence-electron chi connectivity index (χ2n) is 5.97. The van der Waals surface area contributed by atoms with Gasteiger partial charge in [0.15, 0.2) is 0 Å². The number of nitrogens with one attached hydrogen (secondary N) is 1. The van der Waals surface area contributed by atoms with E-state index in [0.29, 0.717) is 18.5 Å². The van der Waals surface area contributed by atoms with Crippen LogP contribution >= 0.6 is 0 Å². The Balaban J connectivity index is 1.65. The number of carbonyl (C=O) groups is 2. The van der Waals surface area contributed by atoms with E-state index in [4.69, 9.17) is 0 Å². The molecule has 0 aliphatic carbocycles. The Bertz CT molecular complexity index is 897. The summed E-state index contributed by atoms with van der Waals surface area (Å²) >= 11 is 0. The van der Waals surface area contributed by atoms with Crippen LogP contribution in [-0.2, 0) is 22.5 Å². The normalized spacial score (nSPS) is 10.6. The maximum Gasteiger partial charge on any atom is 0.337 e. The lowest BCUT2D eigenvalue weighted by atomic mass is 10.1. The minimum Gasteiger partial charge on any atom is -0.465 e. The second kappa shape index (κ2) is 7.21. The quantitative estimate of drug-likeness (QED) is 0.728. The molecule has 3 rings (SSSR count). The molecule has 2 aromatic carbocycles. The third-order valence-corrected chi connectivity index (χ3v) is 4.24. The van der Waals surface area contributed by atoms with Crippen molar-refractivity contribution in [1.82, 2.24) is 9.88 Å². The van der Waals surface area contributed by atoms with E-state index < -0.39 is 0 Å². The molecule has 0 fully saturated rings. The molecule has 0 bridgehead atoms. The molecule has 1 amide bonds. The summed E-state index contributed by atoms with van der Waals surface area (Å²) in [5.41, 5.74) is 3.49. The first-order chi connectivity index (χ1) is 12.1. The highest BCUT2D eigenvalue weighted by atomic mass is 16.5. The van der Waals surface area contributed by atoms with E-state index >= 15 is 0 Å². The number of esters is 1. The summed E-state index contributed by atoms with van der Waals surface area (Å²) in [6, 6.07) is 15.0. The van der Waals surface area contributed by atoms with Gasteiger partial charge in [0.2, 0.25) is 5.91 Å². The molecule has 0 radical (unpaired) electrons. The third-order valence-electron chi connectivity index (χ3n) is 4.24. The van der Waals surface area contributed by atoms with Crippen LogP contribution in [0.15, 0.2) is 54.7 Å². The van der Waals surface area contributed by atoms with Crippen LogP contribution in [0.4, 0.5) is 0 Å². The predicted octanol–water partition coefficient (Wildman–Crippen LogP) is 3.16. The van der Waals surface area contributed by atoms with Gasteiger partial charge in [-0.3, -0.25) is 4.79 Å². The first-order valence-corrected chi connectivity index (χ1v) is 8.04. The molecule has 0 aliphatic heterocycles. The number of H-pyrrole nitrogens is 1. The highest BCUT2D eigenvalue weighted by Crippen LogP contribution is 2.19. The van der Waals surface area contributed by atoms with Crippen molar-refractivity contribution in [2.45, 2.75) is 13.0 Å². The number of rotatable bonds is 5. The fraction of sp³-hybridized carbons (Fsp3) is 0.200. The zero-order valence-corrected chi connectivity index (χ0v) is 14.3. The fourth-order valence-corrected chi connectivity index (χ4v) is 2.80. The number of fused-ring (bicyclic) bond motifs is 1. The van der Waals surface area contributed by atoms with E-state index in [1.165, 1.54) is 7.11 Å². The molecule has 0 saturated carbocycles. The summed E-state index contributed by atoms with van der Waals surface area (Å²) in [5.74, 6) is -0.322. The monoisotopic (exact) mass is 336 g/mol. The largest absolute Gasteiger partial charge is 0.465 e. The first kappa shape index (κ1) is 16.8. The van der Waals surface area contributed by atoms with Crippen molar-refractivity contribution in [3.8, 4) is 0 Å². The number of hydrogen-bond acceptors (Lipinski definition) is 3. The van der Waals surface area contributed by atoms with Crippen LogP contribution in [0.25, 0.3) is 10.9 Å². The molecule has 25 heavy (non-hydrogen) atoms. The zero-order chi connectivity index (χ0) is 17.8. The maximum absolute atomic E-state index is 12.5. The van der Waals surface area contributed by atoms with Crippen LogP contribution < -0.4 is 0 Å². The number of methoxy groups -OCH3 is 1. The van der Waals surface area contributed by atoms with Crippen LogP contribution in [0.5, 0.6) is 0 Å². The molecule has 0 saturated heterocycles. The Labute approximate surface area is 146 Å². The molecule has 128 valence electrons. The van der Waals surface area contributed by atoms with Gasteiger partial charge in [-0.05, 0) is 29.3 Å². The van der Waals surface area contributed by atoms with E-state index in [1.807, 2.05) is 42.6 Å². The average molecular weight is 336 g/mol. The SMILES string of the molecule is COC(=O)c1ccc(CN(C)C(=O)Cc2c[nH]c3ccccc23)cc1. The number of amides is 1. The summed E-state index contributed by atoms with van der Waals surface area (Å²) in [6.07, 6.45) is 2.24. The molecule has 1 aromatic heterocycles. The molecule has 3 aromatic rings. The second-order valence-corrected chi connectivity index (χ2v) is 5.97. The molecule has 0 unspecified atom stereocenters. The van der Waals surface area contributed by atoms with Crippen LogP contribution in [-0.4, -0.2) is 35.9 Å². The minimum absolute atomic E-state index is 0.0433. The number of aromatic nitrogens is 1. The fourth-order valence-electron chi connectivity index (χ4n) is 2.80. The molecule has 5 nitrogen and oxygen atoms in total. The predicted molar refractivity (Wildman–Crippen MR) is 96.3 cm³/mol. The van der Waals surface area contributed by atoms with Gasteiger partial charge in [-0.15, -0.1) is 0 Å². The van der Waals surface area contributed by atoms with Gasteiger partial charge in [-0.2, -0.15) is 0 Å². The van der Waals surface area contributed by atoms with Crippen LogP contribution in [0, 0.1) is 0 Å². The smallest absolute Gasteiger partial charge is 0.337 e. The lowest BCUT2D eigenvalue weighted by Crippen LogP contribution is -2.27. The Morgan fingerprint density at radius 3 is 2.52 bits per heavy atom. The Hall–Kier alpha value is -3.08. The number of nitrogens with zero attached hydrogens (tertiary/aromatic N) is 1. The topological polar surface area (TPSA) is 62.4 Å². The molecule has 0 aliphatic rings. The van der Waals surface area contributed by atoms with Crippen molar-refractivity contribution in [1.29, 1.82) is 0 Å². The number of aromatic amines is 1. The number of hydrogen-bond donors (Lipinski definition) is 1. The first-order valence-electron chi connectivity index (χ1n) is 8.04. The molecular formula is C20H20N2O3. The maximum atomic E-state index is 12.5. The number of likely N-dealkylation sites (N-methyl/N-ethyl adjacent to an activating group) is 1. The van der Waals surface area contributed by atoms with Gasteiger partial charge in [0.25, 0.3) is 0 Å². The van der Waals surface area contributed by atoms with Crippen LogP contribution in [0.2, 0.25) is 0 Å². The van der Waals surface area contributed by atoms with Crippen molar-refractivity contribution >= 4 is 22.8 Å². The van der Waals surface area contributed by atoms with Crippen molar-refractivity contribution in [2.24, 2.45) is 0 Å². The summed E-state index contributed by atoms with van der Waals surface area (Å²) < 4.78 is 4.68. The van der Waals surface area contributed by atoms with Gasteiger partial charge in [0.05, 0.1) is 19.1 Å². The number of ether oxygens (including phenoxy) is 1. The standard InChI is InChI=1S/C20H20N2O3/c1-22(13-14-7-9-15(10-8-14)20(24)25-2)19(23)11-16-12-21-18-6-4-3-5-17(16)18/h3-10,12,21H,11,13H2,1-2H3. The van der Waals surface area contributed by atoms with Gasteiger partial charge < -0.3 is 14.6 Å². The molecule has 1 N–H and O–H groups in total. The number of carbonyl (C=O) groups excluding carboxylic acids is 2. The lowest BCUT2D eigenvalue weighted by Gasteiger charge is -2.17. The van der Waals surface area contributed by atoms with E-state index in [2.05, 4.69) is 9.72 Å². The van der Waals surface area contributed by atoms with Gasteiger partial charge >= 0.3 is 5.97 Å². The molecule has 0 atom stereocenters. The van der Waals surface area contributed by atoms with Crippen molar-refractivity contribution in [3.05, 3.63) is 71.4 Å².